The second kappa shape index (κ2) is 6.21. The van der Waals surface area contributed by atoms with Gasteiger partial charge in [-0.2, -0.15) is 5.26 Å². The third kappa shape index (κ3) is 3.04. The number of hydrogen-bond acceptors (Lipinski definition) is 9. The summed E-state index contributed by atoms with van der Waals surface area (Å²) in [6.45, 7) is -0.307. The van der Waals surface area contributed by atoms with Crippen molar-refractivity contribution in [3.05, 3.63) is 17.3 Å². The number of nitriles is 1. The molecule has 2 heterocycles. The molecule has 0 aliphatic rings. The topological polar surface area (TPSA) is 102 Å². The van der Waals surface area contributed by atoms with Crippen LogP contribution in [0.2, 0.25) is 0 Å². The van der Waals surface area contributed by atoms with Crippen LogP contribution in [0.15, 0.2) is 17.6 Å². The van der Waals surface area contributed by atoms with Gasteiger partial charge in [0.25, 0.3) is 0 Å². The molecule has 0 saturated heterocycles. The summed E-state index contributed by atoms with van der Waals surface area (Å²) >= 11 is 2.32. The molecule has 0 N–H and O–H groups in total. The molecule has 2 aromatic heterocycles. The first-order chi connectivity index (χ1) is 9.26. The summed E-state index contributed by atoms with van der Waals surface area (Å²) in [6, 6.07) is 1.73. The molecule has 0 unspecified atom stereocenters. The van der Waals surface area contributed by atoms with E-state index in [1.807, 2.05) is 6.26 Å². The van der Waals surface area contributed by atoms with Crippen molar-refractivity contribution in [3.63, 3.8) is 0 Å². The van der Waals surface area contributed by atoms with Gasteiger partial charge in [-0.15, -0.1) is 5.10 Å². The van der Waals surface area contributed by atoms with Crippen molar-refractivity contribution in [2.24, 2.45) is 0 Å². The summed E-state index contributed by atoms with van der Waals surface area (Å²) < 4.78 is 8.45. The lowest BCUT2D eigenvalue weighted by atomic mass is 10.2. The molecule has 0 aliphatic carbocycles. The molecule has 9 heteroatoms. The first kappa shape index (κ1) is 13.4. The second-order valence-electron chi connectivity index (χ2n) is 3.14. The number of carbonyl (C=O) groups is 1. The fourth-order valence-electron chi connectivity index (χ4n) is 1.22. The van der Waals surface area contributed by atoms with E-state index in [2.05, 4.69) is 19.6 Å². The van der Waals surface area contributed by atoms with Crippen molar-refractivity contribution < 1.29 is 9.53 Å². The zero-order valence-electron chi connectivity index (χ0n) is 9.73. The predicted molar refractivity (Wildman–Crippen MR) is 68.6 cm³/mol. The highest BCUT2D eigenvalue weighted by molar-refractivity contribution is 7.98. The van der Waals surface area contributed by atoms with Gasteiger partial charge in [-0.1, -0.05) is 16.3 Å². The Bertz CT molecular complexity index is 620. The lowest BCUT2D eigenvalue weighted by molar-refractivity contribution is 0.0561. The van der Waals surface area contributed by atoms with E-state index in [1.165, 1.54) is 11.8 Å². The Morgan fingerprint density at radius 2 is 2.26 bits per heavy atom. The highest BCUT2D eigenvalue weighted by Gasteiger charge is 2.19. The van der Waals surface area contributed by atoms with Gasteiger partial charge in [-0.05, 0) is 17.8 Å². The van der Waals surface area contributed by atoms with Crippen LogP contribution in [0.5, 0.6) is 0 Å². The summed E-state index contributed by atoms with van der Waals surface area (Å²) in [5.74, 6) is -0.625. The number of esters is 1. The van der Waals surface area contributed by atoms with Crippen LogP contribution in [0.25, 0.3) is 11.3 Å². The number of ether oxygens (including phenoxy) is 1. The Hall–Kier alpha value is -2.05. The highest BCUT2D eigenvalue weighted by atomic mass is 32.2. The molecule has 0 bridgehead atoms. The van der Waals surface area contributed by atoms with Crippen LogP contribution in [0.1, 0.15) is 9.67 Å². The Kier molecular flexibility index (Phi) is 4.38. The molecule has 0 aliphatic heterocycles. The fourth-order valence-corrected chi connectivity index (χ4v) is 2.12. The van der Waals surface area contributed by atoms with Gasteiger partial charge < -0.3 is 4.74 Å². The number of nitrogens with zero attached hydrogens (tertiary/aromatic N) is 5. The quantitative estimate of drug-likeness (QED) is 0.473. The molecule has 0 atom stereocenters. The highest BCUT2D eigenvalue weighted by Crippen LogP contribution is 2.24. The largest absolute Gasteiger partial charge is 0.446 e. The van der Waals surface area contributed by atoms with Crippen molar-refractivity contribution in [1.82, 2.24) is 19.6 Å². The van der Waals surface area contributed by atoms with Crippen molar-refractivity contribution >= 4 is 29.3 Å². The van der Waals surface area contributed by atoms with Gasteiger partial charge in [-0.3, -0.25) is 0 Å². The number of rotatable bonds is 4. The summed E-state index contributed by atoms with van der Waals surface area (Å²) in [5, 5.41) is 12.9. The first-order valence-corrected chi connectivity index (χ1v) is 6.99. The van der Waals surface area contributed by atoms with Gasteiger partial charge in [0.1, 0.15) is 11.8 Å². The number of hydrogen-bond donors (Lipinski definition) is 0. The maximum Gasteiger partial charge on any atom is 0.353 e. The fraction of sp³-hybridized carbons (Fsp3) is 0.200. The van der Waals surface area contributed by atoms with Gasteiger partial charge >= 0.3 is 5.97 Å². The molecule has 2 aromatic rings. The molecule has 96 valence electrons. The predicted octanol–water partition coefficient (Wildman–Crippen LogP) is 1.40. The third-order valence-corrected chi connectivity index (χ3v) is 3.31. The normalized spacial score (nSPS) is 9.89. The minimum atomic E-state index is -0.625. The van der Waals surface area contributed by atoms with E-state index in [0.29, 0.717) is 16.4 Å². The Labute approximate surface area is 116 Å². The molecule has 0 radical (unpaired) electrons. The lowest BCUT2D eigenvalue weighted by Gasteiger charge is -2.00. The smallest absolute Gasteiger partial charge is 0.353 e. The summed E-state index contributed by atoms with van der Waals surface area (Å²) in [7, 11) is 0. The molecular formula is C10H7N5O2S2. The van der Waals surface area contributed by atoms with E-state index in [0.717, 1.165) is 11.5 Å². The van der Waals surface area contributed by atoms with Crippen molar-refractivity contribution in [2.45, 2.75) is 5.16 Å². The average molecular weight is 293 g/mol. The van der Waals surface area contributed by atoms with Crippen LogP contribution in [0.4, 0.5) is 0 Å². The summed E-state index contributed by atoms with van der Waals surface area (Å²) in [5.41, 5.74) is 0.941. The van der Waals surface area contributed by atoms with Crippen LogP contribution in [0.3, 0.4) is 0 Å². The van der Waals surface area contributed by atoms with Gasteiger partial charge in [0.2, 0.25) is 0 Å². The molecule has 19 heavy (non-hydrogen) atoms. The summed E-state index contributed by atoms with van der Waals surface area (Å²) in [6.07, 6.45) is 5.00. The molecule has 0 fully saturated rings. The van der Waals surface area contributed by atoms with Crippen LogP contribution < -0.4 is 0 Å². The van der Waals surface area contributed by atoms with E-state index >= 15 is 0 Å². The van der Waals surface area contributed by atoms with Gasteiger partial charge in [0.15, 0.2) is 16.6 Å². The molecule has 0 amide bonds. The SMILES string of the molecule is CSc1ncc(-c2nnsc2C(=O)OCC#N)cn1. The van der Waals surface area contributed by atoms with Gasteiger partial charge in [0.05, 0.1) is 0 Å². The Morgan fingerprint density at radius 1 is 1.53 bits per heavy atom. The van der Waals surface area contributed by atoms with Crippen molar-refractivity contribution in [2.75, 3.05) is 12.9 Å². The summed E-state index contributed by atoms with van der Waals surface area (Å²) in [4.78, 5) is 20.1. The molecule has 7 nitrogen and oxygen atoms in total. The van der Waals surface area contributed by atoms with E-state index in [1.54, 1.807) is 18.5 Å². The second-order valence-corrected chi connectivity index (χ2v) is 4.67. The van der Waals surface area contributed by atoms with Crippen LogP contribution >= 0.6 is 23.3 Å². The molecule has 0 spiro atoms. The standard InChI is InChI=1S/C10H7N5O2S2/c1-18-10-12-4-6(5-13-10)7-8(19-15-14-7)9(16)17-3-2-11/h4-5H,3H2,1H3. The van der Waals surface area contributed by atoms with Crippen LogP contribution in [0, 0.1) is 11.3 Å². The minimum absolute atomic E-state index is 0.232. The van der Waals surface area contributed by atoms with Gasteiger partial charge in [0, 0.05) is 18.0 Å². The first-order valence-electron chi connectivity index (χ1n) is 4.99. The number of aromatic nitrogens is 4. The number of carbonyl (C=O) groups excluding carboxylic acids is 1. The van der Waals surface area contributed by atoms with E-state index in [4.69, 9.17) is 10.00 Å². The van der Waals surface area contributed by atoms with Gasteiger partial charge in [-0.25, -0.2) is 14.8 Å². The molecule has 2 rings (SSSR count). The van der Waals surface area contributed by atoms with Crippen molar-refractivity contribution in [3.8, 4) is 17.3 Å². The maximum atomic E-state index is 11.7. The van der Waals surface area contributed by atoms with Crippen molar-refractivity contribution in [1.29, 1.82) is 5.26 Å². The molecule has 0 aromatic carbocycles. The number of thioether (sulfide) groups is 1. The van der Waals surface area contributed by atoms with Crippen LogP contribution in [-0.4, -0.2) is 38.4 Å². The molecule has 0 saturated carbocycles. The monoisotopic (exact) mass is 293 g/mol. The van der Waals surface area contributed by atoms with E-state index < -0.39 is 5.97 Å². The van der Waals surface area contributed by atoms with E-state index in [-0.39, 0.29) is 11.5 Å². The zero-order chi connectivity index (χ0) is 13.7. The average Bonchev–Trinajstić information content (AvgIpc) is 2.94. The Morgan fingerprint density at radius 3 is 2.89 bits per heavy atom. The maximum absolute atomic E-state index is 11.7. The minimum Gasteiger partial charge on any atom is -0.446 e. The lowest BCUT2D eigenvalue weighted by Crippen LogP contribution is -2.05. The molecular weight excluding hydrogens is 286 g/mol. The third-order valence-electron chi connectivity index (χ3n) is 2.03. The van der Waals surface area contributed by atoms with E-state index in [9.17, 15) is 4.79 Å². The Balaban J connectivity index is 2.28. The zero-order valence-corrected chi connectivity index (χ0v) is 11.4. The van der Waals surface area contributed by atoms with Crippen LogP contribution in [-0.2, 0) is 4.74 Å².